The Balaban J connectivity index is 1.65. The molecule has 3 aromatic heterocycles. The highest BCUT2D eigenvalue weighted by Gasteiger charge is 2.25. The van der Waals surface area contributed by atoms with Crippen molar-refractivity contribution in [3.05, 3.63) is 80.4 Å². The zero-order valence-electron chi connectivity index (χ0n) is 19.5. The first-order chi connectivity index (χ1) is 17.4. The number of hydrogen-bond acceptors (Lipinski definition) is 7. The molecule has 0 bridgehead atoms. The molecule has 9 nitrogen and oxygen atoms in total. The van der Waals surface area contributed by atoms with E-state index < -0.39 is 11.2 Å². The highest BCUT2D eigenvalue weighted by Crippen LogP contribution is 2.39. The van der Waals surface area contributed by atoms with Gasteiger partial charge in [-0.05, 0) is 48.6 Å². The van der Waals surface area contributed by atoms with Gasteiger partial charge in [-0.15, -0.1) is 0 Å². The monoisotopic (exact) mass is 483 g/mol. The molecule has 1 aliphatic heterocycles. The van der Waals surface area contributed by atoms with Crippen LogP contribution in [0.4, 0.5) is 0 Å². The number of pyridine rings is 1. The van der Waals surface area contributed by atoms with Crippen molar-refractivity contribution in [3.63, 3.8) is 0 Å². The van der Waals surface area contributed by atoms with Gasteiger partial charge >= 0.3 is 0 Å². The summed E-state index contributed by atoms with van der Waals surface area (Å²) in [5, 5.41) is 21.6. The summed E-state index contributed by atoms with van der Waals surface area (Å²) in [5.74, 6) is 0.0162. The molecule has 0 saturated heterocycles. The molecule has 0 spiro atoms. The molecule has 36 heavy (non-hydrogen) atoms. The van der Waals surface area contributed by atoms with Crippen LogP contribution in [0.3, 0.4) is 0 Å². The lowest BCUT2D eigenvalue weighted by atomic mass is 10.1. The van der Waals surface area contributed by atoms with E-state index in [2.05, 4.69) is 4.98 Å². The number of para-hydroxylation sites is 1. The molecule has 9 heteroatoms. The summed E-state index contributed by atoms with van der Waals surface area (Å²) < 4.78 is 12.7. The van der Waals surface area contributed by atoms with Crippen molar-refractivity contribution < 1.29 is 19.4 Å². The number of rotatable bonds is 4. The summed E-state index contributed by atoms with van der Waals surface area (Å²) in [6, 6.07) is 13.6. The molecule has 180 valence electrons. The quantitative estimate of drug-likeness (QED) is 0.353. The lowest BCUT2D eigenvalue weighted by Gasteiger charge is -2.08. The average Bonchev–Trinajstić information content (AvgIpc) is 3.50. The fraction of sp³-hybridized carbons (Fsp3) is 0.148. The smallest absolute Gasteiger partial charge is 0.262 e. The normalized spacial score (nSPS) is 12.4. The molecule has 3 N–H and O–H groups in total. The van der Waals surface area contributed by atoms with Gasteiger partial charge in [0.25, 0.3) is 5.56 Å². The highest BCUT2D eigenvalue weighted by atomic mass is 16.5. The Morgan fingerprint density at radius 3 is 2.75 bits per heavy atom. The standard InChI is InChI=1S/C27H21N3O6/c1-13-10-19(32)24(33)25(36-13)22-21(15-6-7-18(31)20(12-15)35-2)28-26(29-22)17-11-16-5-3-4-14-8-9-30(23(14)16)27(17)34/h3-7,10-12,31,33H,8-9H2,1-2H3,(H,28,29). The minimum atomic E-state index is -0.606. The maximum atomic E-state index is 13.5. The summed E-state index contributed by atoms with van der Waals surface area (Å²) in [6.45, 7) is 2.17. The molecular weight excluding hydrogens is 462 g/mol. The van der Waals surface area contributed by atoms with Crippen molar-refractivity contribution in [2.24, 2.45) is 0 Å². The van der Waals surface area contributed by atoms with Gasteiger partial charge in [-0.3, -0.25) is 9.59 Å². The Morgan fingerprint density at radius 1 is 1.11 bits per heavy atom. The van der Waals surface area contributed by atoms with E-state index in [1.807, 2.05) is 18.2 Å². The van der Waals surface area contributed by atoms with Crippen LogP contribution in [0.5, 0.6) is 17.2 Å². The topological polar surface area (TPSA) is 131 Å². The van der Waals surface area contributed by atoms with Gasteiger partial charge in [-0.25, -0.2) is 4.98 Å². The number of phenols is 1. The molecule has 0 fully saturated rings. The average molecular weight is 483 g/mol. The van der Waals surface area contributed by atoms with Crippen LogP contribution in [-0.4, -0.2) is 31.9 Å². The van der Waals surface area contributed by atoms with E-state index in [4.69, 9.17) is 14.1 Å². The first-order valence-corrected chi connectivity index (χ1v) is 11.3. The second-order valence-electron chi connectivity index (χ2n) is 8.71. The van der Waals surface area contributed by atoms with E-state index in [9.17, 15) is 19.8 Å². The number of hydrogen-bond donors (Lipinski definition) is 3. The number of methoxy groups -OCH3 is 1. The maximum Gasteiger partial charge on any atom is 0.262 e. The summed E-state index contributed by atoms with van der Waals surface area (Å²) in [7, 11) is 1.43. The first kappa shape index (κ1) is 21.7. The fourth-order valence-corrected chi connectivity index (χ4v) is 4.81. The lowest BCUT2D eigenvalue weighted by molar-refractivity contribution is 0.373. The van der Waals surface area contributed by atoms with Gasteiger partial charge in [0.2, 0.25) is 11.2 Å². The molecule has 5 aromatic rings. The van der Waals surface area contributed by atoms with Gasteiger partial charge in [-0.2, -0.15) is 0 Å². The van der Waals surface area contributed by atoms with Crippen molar-refractivity contribution in [2.45, 2.75) is 19.9 Å². The number of aromatic nitrogens is 3. The number of aryl methyl sites for hydroxylation is 3. The van der Waals surface area contributed by atoms with Crippen molar-refractivity contribution in [2.75, 3.05) is 7.11 Å². The molecule has 0 atom stereocenters. The molecule has 2 aromatic carbocycles. The molecule has 1 aliphatic rings. The Morgan fingerprint density at radius 2 is 1.94 bits per heavy atom. The third-order valence-electron chi connectivity index (χ3n) is 6.49. The lowest BCUT2D eigenvalue weighted by Crippen LogP contribution is -2.20. The van der Waals surface area contributed by atoms with Crippen LogP contribution in [0, 0.1) is 6.92 Å². The van der Waals surface area contributed by atoms with Gasteiger partial charge in [-0.1, -0.05) is 18.2 Å². The number of nitrogens with zero attached hydrogens (tertiary/aromatic N) is 2. The third kappa shape index (κ3) is 3.20. The zero-order chi connectivity index (χ0) is 25.1. The van der Waals surface area contributed by atoms with E-state index in [0.717, 1.165) is 22.9 Å². The minimum Gasteiger partial charge on any atom is -0.504 e. The maximum absolute atomic E-state index is 13.5. The molecule has 4 heterocycles. The van der Waals surface area contributed by atoms with Crippen LogP contribution in [0.15, 0.2) is 62.5 Å². The van der Waals surface area contributed by atoms with E-state index in [1.165, 1.54) is 19.2 Å². The molecule has 0 unspecified atom stereocenters. The SMILES string of the molecule is COc1cc(-c2nc(-c3cc4cccc5c4n(c3=O)CC5)[nH]c2-c2oc(C)cc(=O)c2O)ccc1O. The number of aromatic hydroxyl groups is 2. The second-order valence-corrected chi connectivity index (χ2v) is 8.71. The third-order valence-corrected chi connectivity index (χ3v) is 6.49. The number of benzene rings is 2. The van der Waals surface area contributed by atoms with E-state index in [0.29, 0.717) is 29.1 Å². The summed E-state index contributed by atoms with van der Waals surface area (Å²) in [6.07, 6.45) is 0.778. The van der Waals surface area contributed by atoms with Crippen LogP contribution in [0.1, 0.15) is 11.3 Å². The second kappa shape index (κ2) is 7.88. The molecule has 0 amide bonds. The largest absolute Gasteiger partial charge is 0.504 e. The van der Waals surface area contributed by atoms with E-state index in [-0.39, 0.29) is 34.3 Å². The Hall–Kier alpha value is -4.79. The minimum absolute atomic E-state index is 0.0601. The molecule has 6 rings (SSSR count). The predicted molar refractivity (Wildman–Crippen MR) is 134 cm³/mol. The summed E-state index contributed by atoms with van der Waals surface area (Å²) >= 11 is 0. The van der Waals surface area contributed by atoms with Crippen LogP contribution in [0.2, 0.25) is 0 Å². The van der Waals surface area contributed by atoms with Gasteiger partial charge in [0.15, 0.2) is 17.3 Å². The fourth-order valence-electron chi connectivity index (χ4n) is 4.81. The molecule has 0 aliphatic carbocycles. The zero-order valence-corrected chi connectivity index (χ0v) is 19.5. The number of imidazole rings is 1. The van der Waals surface area contributed by atoms with Gasteiger partial charge in [0.05, 0.1) is 18.2 Å². The number of nitrogens with one attached hydrogen (secondary N) is 1. The molecule has 0 radical (unpaired) electrons. The van der Waals surface area contributed by atoms with Crippen LogP contribution < -0.4 is 15.7 Å². The van der Waals surface area contributed by atoms with Crippen molar-refractivity contribution in [3.8, 4) is 51.3 Å². The van der Waals surface area contributed by atoms with Crippen molar-refractivity contribution in [1.82, 2.24) is 14.5 Å². The van der Waals surface area contributed by atoms with Crippen LogP contribution >= 0.6 is 0 Å². The van der Waals surface area contributed by atoms with Gasteiger partial charge < -0.3 is 28.9 Å². The number of aromatic amines is 1. The Kier molecular flexibility index (Phi) is 4.75. The predicted octanol–water partition coefficient (Wildman–Crippen LogP) is 3.96. The number of ether oxygens (including phenoxy) is 1. The van der Waals surface area contributed by atoms with Crippen LogP contribution in [-0.2, 0) is 13.0 Å². The summed E-state index contributed by atoms with van der Waals surface area (Å²) in [5.41, 5.74) is 2.62. The van der Waals surface area contributed by atoms with Crippen LogP contribution in [0.25, 0.3) is 45.0 Å². The van der Waals surface area contributed by atoms with E-state index >= 15 is 0 Å². The Bertz CT molecular complexity index is 1810. The molecular formula is C27H21N3O6. The Labute approximate surface area is 203 Å². The van der Waals surface area contributed by atoms with Crippen molar-refractivity contribution in [1.29, 1.82) is 0 Å². The van der Waals surface area contributed by atoms with E-state index in [1.54, 1.807) is 29.7 Å². The first-order valence-electron chi connectivity index (χ1n) is 11.3. The van der Waals surface area contributed by atoms with Gasteiger partial charge in [0.1, 0.15) is 23.0 Å². The highest BCUT2D eigenvalue weighted by molar-refractivity contribution is 5.88. The molecule has 0 saturated carbocycles. The van der Waals surface area contributed by atoms with Crippen molar-refractivity contribution >= 4 is 10.9 Å². The number of H-pyrrole nitrogens is 1. The number of phenolic OH excluding ortho intramolecular Hbond substituents is 1. The summed E-state index contributed by atoms with van der Waals surface area (Å²) in [4.78, 5) is 33.7. The van der Waals surface area contributed by atoms with Gasteiger partial charge in [0, 0.05) is 18.2 Å².